The zero-order valence-corrected chi connectivity index (χ0v) is 11.6. The standard InChI is InChI=1S/C7H13F2N.C7H9F2N/c2*8-7(9)3-1-6(5-10)2-4-7/h6H,1-5,10H2;6H,1-4H2. The molecule has 0 spiro atoms. The second-order valence-corrected chi connectivity index (χ2v) is 5.79. The molecule has 2 aliphatic rings. The quantitative estimate of drug-likeness (QED) is 0.740. The zero-order valence-electron chi connectivity index (χ0n) is 11.6. The summed E-state index contributed by atoms with van der Waals surface area (Å²) in [5.74, 6) is -4.67. The van der Waals surface area contributed by atoms with Crippen molar-refractivity contribution < 1.29 is 17.6 Å². The maximum absolute atomic E-state index is 12.5. The van der Waals surface area contributed by atoms with Crippen molar-refractivity contribution in [1.29, 1.82) is 5.26 Å². The molecule has 0 aromatic carbocycles. The molecule has 2 saturated carbocycles. The first-order chi connectivity index (χ1) is 9.28. The van der Waals surface area contributed by atoms with E-state index in [0.29, 0.717) is 38.1 Å². The maximum Gasteiger partial charge on any atom is 0.248 e. The van der Waals surface area contributed by atoms with Crippen LogP contribution in [0.25, 0.3) is 0 Å². The first-order valence-corrected chi connectivity index (χ1v) is 7.13. The predicted octanol–water partition coefficient (Wildman–Crippen LogP) is 4.11. The van der Waals surface area contributed by atoms with E-state index in [1.165, 1.54) is 0 Å². The van der Waals surface area contributed by atoms with Crippen LogP contribution in [0.2, 0.25) is 0 Å². The summed E-state index contributed by atoms with van der Waals surface area (Å²) in [7, 11) is 0. The first kappa shape index (κ1) is 17.2. The SMILES string of the molecule is N#CC1CCC(F)(F)CC1.NCC1CCC(F)(F)CC1. The Hall–Kier alpha value is -0.830. The second-order valence-electron chi connectivity index (χ2n) is 5.79. The first-order valence-electron chi connectivity index (χ1n) is 7.13. The van der Waals surface area contributed by atoms with E-state index in [-0.39, 0.29) is 31.6 Å². The third-order valence-electron chi connectivity index (χ3n) is 4.07. The summed E-state index contributed by atoms with van der Waals surface area (Å²) in [5, 5.41) is 8.37. The summed E-state index contributed by atoms with van der Waals surface area (Å²) in [5.41, 5.74) is 5.35. The van der Waals surface area contributed by atoms with Gasteiger partial charge >= 0.3 is 0 Å². The van der Waals surface area contributed by atoms with Crippen LogP contribution in [0.5, 0.6) is 0 Å². The Kier molecular flexibility index (Phi) is 6.25. The van der Waals surface area contributed by atoms with Crippen molar-refractivity contribution in [3.05, 3.63) is 0 Å². The van der Waals surface area contributed by atoms with Crippen molar-refractivity contribution in [3.8, 4) is 6.07 Å². The lowest BCUT2D eigenvalue weighted by Crippen LogP contribution is -2.28. The number of hydrogen-bond donors (Lipinski definition) is 1. The lowest BCUT2D eigenvalue weighted by molar-refractivity contribution is -0.0447. The van der Waals surface area contributed by atoms with E-state index >= 15 is 0 Å². The maximum atomic E-state index is 12.5. The number of nitriles is 1. The molecule has 0 saturated heterocycles. The fraction of sp³-hybridized carbons (Fsp3) is 0.929. The summed E-state index contributed by atoms with van der Waals surface area (Å²) in [6.45, 7) is 0.566. The van der Waals surface area contributed by atoms with Gasteiger partial charge in [-0.2, -0.15) is 5.26 Å². The number of hydrogen-bond acceptors (Lipinski definition) is 2. The van der Waals surface area contributed by atoms with Gasteiger partial charge in [0.1, 0.15) is 0 Å². The van der Waals surface area contributed by atoms with Gasteiger partial charge in [0, 0.05) is 31.6 Å². The summed E-state index contributed by atoms with van der Waals surface area (Å²) in [6, 6.07) is 2.01. The van der Waals surface area contributed by atoms with Crippen LogP contribution in [0.4, 0.5) is 17.6 Å². The van der Waals surface area contributed by atoms with E-state index < -0.39 is 11.8 Å². The van der Waals surface area contributed by atoms with Crippen molar-refractivity contribution >= 4 is 0 Å². The van der Waals surface area contributed by atoms with Gasteiger partial charge in [0.2, 0.25) is 11.8 Å². The molecular formula is C14H22F4N2. The van der Waals surface area contributed by atoms with Crippen molar-refractivity contribution in [1.82, 2.24) is 0 Å². The Morgan fingerprint density at radius 3 is 1.65 bits per heavy atom. The molecule has 0 heterocycles. The molecule has 116 valence electrons. The minimum absolute atomic E-state index is 0.0366. The number of rotatable bonds is 1. The zero-order chi connectivity index (χ0) is 15.2. The highest BCUT2D eigenvalue weighted by atomic mass is 19.3. The molecule has 0 atom stereocenters. The normalized spacial score (nSPS) is 26.2. The second kappa shape index (κ2) is 7.26. The fourth-order valence-electron chi connectivity index (χ4n) is 2.50. The van der Waals surface area contributed by atoms with Gasteiger partial charge in [0.25, 0.3) is 0 Å². The van der Waals surface area contributed by atoms with E-state index in [4.69, 9.17) is 11.0 Å². The molecule has 2 rings (SSSR count). The minimum atomic E-state index is -2.49. The number of halogens is 4. The molecule has 0 aliphatic heterocycles. The molecule has 2 aliphatic carbocycles. The van der Waals surface area contributed by atoms with E-state index in [2.05, 4.69) is 0 Å². The molecule has 0 amide bonds. The molecule has 0 aromatic heterocycles. The third-order valence-corrected chi connectivity index (χ3v) is 4.07. The Morgan fingerprint density at radius 2 is 1.30 bits per heavy atom. The highest BCUT2D eigenvalue weighted by Gasteiger charge is 2.35. The van der Waals surface area contributed by atoms with Crippen LogP contribution in [0.1, 0.15) is 51.4 Å². The van der Waals surface area contributed by atoms with Crippen LogP contribution in [0, 0.1) is 23.2 Å². The topological polar surface area (TPSA) is 49.8 Å². The average molecular weight is 294 g/mol. The molecule has 0 unspecified atom stereocenters. The average Bonchev–Trinajstić information content (AvgIpc) is 2.40. The van der Waals surface area contributed by atoms with E-state index in [0.717, 1.165) is 0 Å². The van der Waals surface area contributed by atoms with Crippen molar-refractivity contribution in [2.24, 2.45) is 17.6 Å². The van der Waals surface area contributed by atoms with E-state index in [1.807, 2.05) is 6.07 Å². The van der Waals surface area contributed by atoms with Crippen LogP contribution >= 0.6 is 0 Å². The largest absolute Gasteiger partial charge is 0.330 e. The molecule has 2 nitrogen and oxygen atoms in total. The van der Waals surface area contributed by atoms with Crippen molar-refractivity contribution in [2.45, 2.75) is 63.2 Å². The van der Waals surface area contributed by atoms with Gasteiger partial charge in [-0.1, -0.05) is 0 Å². The predicted molar refractivity (Wildman–Crippen MR) is 68.5 cm³/mol. The van der Waals surface area contributed by atoms with Gasteiger partial charge in [-0.05, 0) is 38.1 Å². The molecular weight excluding hydrogens is 272 g/mol. The van der Waals surface area contributed by atoms with Crippen LogP contribution < -0.4 is 5.73 Å². The molecule has 6 heteroatoms. The van der Waals surface area contributed by atoms with Crippen molar-refractivity contribution in [2.75, 3.05) is 6.54 Å². The van der Waals surface area contributed by atoms with E-state index in [1.54, 1.807) is 0 Å². The summed E-state index contributed by atoms with van der Waals surface area (Å²) in [6.07, 6.45) is 1.79. The smallest absolute Gasteiger partial charge is 0.248 e. The minimum Gasteiger partial charge on any atom is -0.330 e. The molecule has 2 fully saturated rings. The van der Waals surface area contributed by atoms with Gasteiger partial charge in [-0.25, -0.2) is 17.6 Å². The van der Waals surface area contributed by atoms with Gasteiger partial charge in [-0.3, -0.25) is 0 Å². The number of nitrogens with zero attached hydrogens (tertiary/aromatic N) is 1. The summed E-state index contributed by atoms with van der Waals surface area (Å²) < 4.78 is 49.8. The van der Waals surface area contributed by atoms with Crippen LogP contribution in [0.3, 0.4) is 0 Å². The highest BCUT2D eigenvalue weighted by Crippen LogP contribution is 2.36. The van der Waals surface area contributed by atoms with Crippen LogP contribution in [-0.4, -0.2) is 18.4 Å². The van der Waals surface area contributed by atoms with Crippen molar-refractivity contribution in [3.63, 3.8) is 0 Å². The number of alkyl halides is 4. The highest BCUT2D eigenvalue weighted by molar-refractivity contribution is 4.89. The van der Waals surface area contributed by atoms with Crippen LogP contribution in [0.15, 0.2) is 0 Å². The Morgan fingerprint density at radius 1 is 0.900 bits per heavy atom. The van der Waals surface area contributed by atoms with Gasteiger partial charge < -0.3 is 5.73 Å². The molecule has 0 bridgehead atoms. The third kappa shape index (κ3) is 6.08. The number of nitrogens with two attached hydrogens (primary N) is 1. The van der Waals surface area contributed by atoms with Crippen LogP contribution in [-0.2, 0) is 0 Å². The molecule has 2 N–H and O–H groups in total. The van der Waals surface area contributed by atoms with Gasteiger partial charge in [-0.15, -0.1) is 0 Å². The molecule has 0 radical (unpaired) electrons. The lowest BCUT2D eigenvalue weighted by atomic mass is 9.87. The monoisotopic (exact) mass is 294 g/mol. The summed E-state index contributed by atoms with van der Waals surface area (Å²) >= 11 is 0. The van der Waals surface area contributed by atoms with E-state index in [9.17, 15) is 17.6 Å². The Balaban J connectivity index is 0.000000200. The van der Waals surface area contributed by atoms with Gasteiger partial charge in [0.05, 0.1) is 6.07 Å². The summed E-state index contributed by atoms with van der Waals surface area (Å²) in [4.78, 5) is 0. The lowest BCUT2D eigenvalue weighted by Gasteiger charge is -2.26. The fourth-order valence-corrected chi connectivity index (χ4v) is 2.50. The Labute approximate surface area is 117 Å². The molecule has 20 heavy (non-hydrogen) atoms. The molecule has 0 aromatic rings. The van der Waals surface area contributed by atoms with Gasteiger partial charge in [0.15, 0.2) is 0 Å². The Bertz CT molecular complexity index is 319.